The van der Waals surface area contributed by atoms with E-state index in [9.17, 15) is 4.79 Å². The fraction of sp³-hybridized carbons (Fsp3) is 0.900. The summed E-state index contributed by atoms with van der Waals surface area (Å²) in [4.78, 5) is 11.5. The molecule has 0 aromatic rings. The Bertz CT molecular complexity index is 213. The second-order valence-electron chi connectivity index (χ2n) is 4.97. The molecule has 1 rings (SSSR count). The van der Waals surface area contributed by atoms with Crippen LogP contribution in [-0.2, 0) is 0 Å². The number of amides is 2. The molecular weight excluding hydrogens is 196 g/mol. The highest BCUT2D eigenvalue weighted by Crippen LogP contribution is 2.23. The molecule has 2 amide bonds. The number of thioether (sulfide) groups is 1. The Labute approximate surface area is 90.4 Å². The van der Waals surface area contributed by atoms with Gasteiger partial charge in [0.2, 0.25) is 0 Å². The maximum Gasteiger partial charge on any atom is 0.315 e. The lowest BCUT2D eigenvalue weighted by atomic mass is 10.1. The second kappa shape index (κ2) is 4.43. The van der Waals surface area contributed by atoms with Gasteiger partial charge in [0.25, 0.3) is 0 Å². The van der Waals surface area contributed by atoms with Crippen molar-refractivity contribution < 1.29 is 4.79 Å². The Hall–Kier alpha value is -0.380. The van der Waals surface area contributed by atoms with Crippen molar-refractivity contribution >= 4 is 17.8 Å². The molecule has 1 aliphatic heterocycles. The van der Waals surface area contributed by atoms with Gasteiger partial charge in [0.1, 0.15) is 0 Å². The van der Waals surface area contributed by atoms with Crippen LogP contribution in [0, 0.1) is 5.92 Å². The number of hydrogen-bond donors (Lipinski definition) is 2. The van der Waals surface area contributed by atoms with Crippen LogP contribution in [0.1, 0.15) is 27.7 Å². The predicted molar refractivity (Wildman–Crippen MR) is 61.7 cm³/mol. The topological polar surface area (TPSA) is 41.1 Å². The van der Waals surface area contributed by atoms with E-state index in [-0.39, 0.29) is 11.6 Å². The van der Waals surface area contributed by atoms with Crippen LogP contribution in [-0.4, -0.2) is 29.1 Å². The molecule has 14 heavy (non-hydrogen) atoms. The lowest BCUT2D eigenvalue weighted by Gasteiger charge is -2.23. The lowest BCUT2D eigenvalue weighted by Crippen LogP contribution is -2.50. The molecule has 0 bridgehead atoms. The average molecular weight is 216 g/mol. The first-order valence-corrected chi connectivity index (χ1v) is 6.20. The highest BCUT2D eigenvalue weighted by molar-refractivity contribution is 7.99. The van der Waals surface area contributed by atoms with Crippen molar-refractivity contribution in [2.45, 2.75) is 39.3 Å². The van der Waals surface area contributed by atoms with Gasteiger partial charge in [0.15, 0.2) is 0 Å². The van der Waals surface area contributed by atoms with Crippen LogP contribution in [0.25, 0.3) is 0 Å². The Morgan fingerprint density at radius 1 is 1.36 bits per heavy atom. The fourth-order valence-electron chi connectivity index (χ4n) is 1.39. The number of nitrogens with one attached hydrogen (secondary N) is 2. The smallest absolute Gasteiger partial charge is 0.315 e. The van der Waals surface area contributed by atoms with Crippen molar-refractivity contribution in [1.29, 1.82) is 0 Å². The van der Waals surface area contributed by atoms with Gasteiger partial charge >= 0.3 is 6.03 Å². The molecule has 0 aromatic carbocycles. The van der Waals surface area contributed by atoms with E-state index in [0.717, 1.165) is 11.5 Å². The van der Waals surface area contributed by atoms with E-state index < -0.39 is 0 Å². The Morgan fingerprint density at radius 2 is 2.00 bits per heavy atom. The summed E-state index contributed by atoms with van der Waals surface area (Å²) in [6.07, 6.45) is 0. The molecule has 1 heterocycles. The van der Waals surface area contributed by atoms with Crippen LogP contribution in [0.4, 0.5) is 4.79 Å². The van der Waals surface area contributed by atoms with Gasteiger partial charge in [-0.25, -0.2) is 4.79 Å². The maximum absolute atomic E-state index is 11.5. The molecule has 2 unspecified atom stereocenters. The minimum atomic E-state index is -0.154. The molecule has 0 radical (unpaired) electrons. The fourth-order valence-corrected chi connectivity index (χ4v) is 2.80. The van der Waals surface area contributed by atoms with Crippen molar-refractivity contribution in [2.75, 3.05) is 11.5 Å². The normalized spacial score (nSPS) is 27.4. The van der Waals surface area contributed by atoms with Crippen molar-refractivity contribution in [2.24, 2.45) is 5.92 Å². The van der Waals surface area contributed by atoms with Gasteiger partial charge in [0.05, 0.1) is 0 Å². The number of hydrogen-bond acceptors (Lipinski definition) is 2. The molecule has 4 heteroatoms. The summed E-state index contributed by atoms with van der Waals surface area (Å²) in [5, 5.41) is 5.92. The quantitative estimate of drug-likeness (QED) is 0.702. The monoisotopic (exact) mass is 216 g/mol. The molecule has 3 nitrogen and oxygen atoms in total. The van der Waals surface area contributed by atoms with Gasteiger partial charge in [-0.3, -0.25) is 0 Å². The first-order valence-electron chi connectivity index (χ1n) is 5.05. The first kappa shape index (κ1) is 11.7. The predicted octanol–water partition coefficient (Wildman–Crippen LogP) is 1.84. The number of urea groups is 1. The first-order chi connectivity index (χ1) is 6.38. The maximum atomic E-state index is 11.5. The van der Waals surface area contributed by atoms with Crippen LogP contribution < -0.4 is 10.6 Å². The Balaban J connectivity index is 2.33. The Kier molecular flexibility index (Phi) is 3.70. The van der Waals surface area contributed by atoms with Gasteiger partial charge < -0.3 is 10.6 Å². The third kappa shape index (κ3) is 3.78. The minimum absolute atomic E-state index is 0.0446. The molecule has 1 fully saturated rings. The summed E-state index contributed by atoms with van der Waals surface area (Å²) < 4.78 is 0. The van der Waals surface area contributed by atoms with Crippen LogP contribution >= 0.6 is 11.8 Å². The van der Waals surface area contributed by atoms with Crippen molar-refractivity contribution in [3.05, 3.63) is 0 Å². The molecule has 0 saturated carbocycles. The van der Waals surface area contributed by atoms with Gasteiger partial charge in [-0.2, -0.15) is 11.8 Å². The standard InChI is InChI=1S/C10H20N2OS/c1-7-5-14-6-8(7)11-9(13)12-10(2,3)4/h7-8H,5-6H2,1-4H3,(H2,11,12,13). The van der Waals surface area contributed by atoms with Crippen LogP contribution in [0.3, 0.4) is 0 Å². The molecule has 82 valence electrons. The van der Waals surface area contributed by atoms with E-state index >= 15 is 0 Å². The molecule has 0 spiro atoms. The summed E-state index contributed by atoms with van der Waals surface area (Å²) in [6, 6.07) is 0.291. The number of rotatable bonds is 1. The van der Waals surface area contributed by atoms with Gasteiger partial charge in [-0.1, -0.05) is 6.92 Å². The molecule has 0 aliphatic carbocycles. The van der Waals surface area contributed by atoms with E-state index in [1.807, 2.05) is 32.5 Å². The zero-order chi connectivity index (χ0) is 10.8. The largest absolute Gasteiger partial charge is 0.334 e. The molecule has 2 atom stereocenters. The SMILES string of the molecule is CC1CSCC1NC(=O)NC(C)(C)C. The van der Waals surface area contributed by atoms with Gasteiger partial charge in [0, 0.05) is 17.3 Å². The van der Waals surface area contributed by atoms with Gasteiger partial charge in [-0.05, 0) is 32.4 Å². The summed E-state index contributed by atoms with van der Waals surface area (Å²) in [5.74, 6) is 2.78. The Morgan fingerprint density at radius 3 is 2.43 bits per heavy atom. The van der Waals surface area contributed by atoms with E-state index in [1.54, 1.807) is 0 Å². The average Bonchev–Trinajstić information content (AvgIpc) is 2.32. The summed E-state index contributed by atoms with van der Waals surface area (Å²) >= 11 is 1.91. The van der Waals surface area contributed by atoms with E-state index in [2.05, 4.69) is 17.6 Å². The second-order valence-corrected chi connectivity index (χ2v) is 6.04. The zero-order valence-electron chi connectivity index (χ0n) is 9.39. The van der Waals surface area contributed by atoms with Crippen LogP contribution in [0.2, 0.25) is 0 Å². The molecule has 0 aromatic heterocycles. The van der Waals surface area contributed by atoms with Crippen molar-refractivity contribution in [3.8, 4) is 0 Å². The highest BCUT2D eigenvalue weighted by atomic mass is 32.2. The third-order valence-electron chi connectivity index (χ3n) is 2.17. The zero-order valence-corrected chi connectivity index (χ0v) is 10.2. The van der Waals surface area contributed by atoms with Gasteiger partial charge in [-0.15, -0.1) is 0 Å². The van der Waals surface area contributed by atoms with Crippen molar-refractivity contribution in [3.63, 3.8) is 0 Å². The number of carbonyl (C=O) groups excluding carboxylic acids is 1. The molecule has 1 saturated heterocycles. The summed E-state index contributed by atoms with van der Waals surface area (Å²) in [7, 11) is 0. The summed E-state index contributed by atoms with van der Waals surface area (Å²) in [6.45, 7) is 8.14. The molecule has 1 aliphatic rings. The van der Waals surface area contributed by atoms with Crippen molar-refractivity contribution in [1.82, 2.24) is 10.6 Å². The summed E-state index contributed by atoms with van der Waals surface area (Å²) in [5.41, 5.74) is -0.154. The lowest BCUT2D eigenvalue weighted by molar-refractivity contribution is 0.226. The highest BCUT2D eigenvalue weighted by Gasteiger charge is 2.26. The third-order valence-corrected chi connectivity index (χ3v) is 3.53. The van der Waals surface area contributed by atoms with E-state index in [1.165, 1.54) is 0 Å². The van der Waals surface area contributed by atoms with Crippen LogP contribution in [0.5, 0.6) is 0 Å². The molecule has 2 N–H and O–H groups in total. The number of carbonyl (C=O) groups is 1. The molecular formula is C10H20N2OS. The van der Waals surface area contributed by atoms with E-state index in [0.29, 0.717) is 12.0 Å². The van der Waals surface area contributed by atoms with Crippen LogP contribution in [0.15, 0.2) is 0 Å². The minimum Gasteiger partial charge on any atom is -0.334 e. The van der Waals surface area contributed by atoms with E-state index in [4.69, 9.17) is 0 Å².